The molecule has 120 valence electrons. The van der Waals surface area contributed by atoms with Crippen molar-refractivity contribution in [3.63, 3.8) is 0 Å². The first-order valence-corrected chi connectivity index (χ1v) is 8.94. The molecule has 0 aliphatic carbocycles. The van der Waals surface area contributed by atoms with Crippen LogP contribution in [0.15, 0.2) is 16.6 Å². The van der Waals surface area contributed by atoms with Crippen molar-refractivity contribution < 1.29 is 14.2 Å². The average Bonchev–Trinajstić information content (AvgIpc) is 2.49. The lowest BCUT2D eigenvalue weighted by Crippen LogP contribution is -2.18. The average molecular weight is 378 g/mol. The molecule has 0 saturated carbocycles. The van der Waals surface area contributed by atoms with Crippen LogP contribution in [0.1, 0.15) is 12.5 Å². The topological polar surface area (TPSA) is 39.7 Å². The standard InChI is InChI=1S/C15H24BrNO3S/c1-4-21-8-7-20-15-13(16)9-12(10-14(15)19-3)11-17-5-6-18-2/h9-10,17H,4-8,11H2,1-3H3. The molecule has 0 atom stereocenters. The summed E-state index contributed by atoms with van der Waals surface area (Å²) >= 11 is 5.43. The molecular formula is C15H24BrNO3S. The SMILES string of the molecule is CCSCCOc1c(Br)cc(CNCCOC)cc1OC. The van der Waals surface area contributed by atoms with E-state index in [2.05, 4.69) is 34.2 Å². The summed E-state index contributed by atoms with van der Waals surface area (Å²) in [7, 11) is 3.36. The summed E-state index contributed by atoms with van der Waals surface area (Å²) < 4.78 is 17.2. The molecule has 0 unspecified atom stereocenters. The van der Waals surface area contributed by atoms with Crippen LogP contribution in [0.4, 0.5) is 0 Å². The highest BCUT2D eigenvalue weighted by atomic mass is 79.9. The molecule has 0 fully saturated rings. The zero-order chi connectivity index (χ0) is 15.5. The van der Waals surface area contributed by atoms with Gasteiger partial charge in [0.1, 0.15) is 0 Å². The third-order valence-corrected chi connectivity index (χ3v) is 4.23. The Bertz CT molecular complexity index is 418. The van der Waals surface area contributed by atoms with Gasteiger partial charge in [0.25, 0.3) is 0 Å². The molecule has 0 spiro atoms. The smallest absolute Gasteiger partial charge is 0.175 e. The van der Waals surface area contributed by atoms with Gasteiger partial charge < -0.3 is 19.5 Å². The maximum atomic E-state index is 5.83. The molecule has 1 N–H and O–H groups in total. The van der Waals surface area contributed by atoms with E-state index < -0.39 is 0 Å². The van der Waals surface area contributed by atoms with Crippen molar-refractivity contribution in [2.45, 2.75) is 13.5 Å². The first-order chi connectivity index (χ1) is 10.2. The van der Waals surface area contributed by atoms with Crippen molar-refractivity contribution in [3.8, 4) is 11.5 Å². The molecule has 0 bridgehead atoms. The Morgan fingerprint density at radius 2 is 2.05 bits per heavy atom. The van der Waals surface area contributed by atoms with E-state index in [1.54, 1.807) is 14.2 Å². The van der Waals surface area contributed by atoms with Crippen molar-refractivity contribution >= 4 is 27.7 Å². The summed E-state index contributed by atoms with van der Waals surface area (Å²) in [5.41, 5.74) is 1.14. The van der Waals surface area contributed by atoms with E-state index >= 15 is 0 Å². The normalized spacial score (nSPS) is 10.7. The summed E-state index contributed by atoms with van der Waals surface area (Å²) in [6.45, 7) is 5.12. The van der Waals surface area contributed by atoms with E-state index in [0.717, 1.165) is 46.1 Å². The van der Waals surface area contributed by atoms with Gasteiger partial charge in [-0.15, -0.1) is 0 Å². The maximum absolute atomic E-state index is 5.83. The second-order valence-electron chi connectivity index (χ2n) is 4.32. The van der Waals surface area contributed by atoms with Gasteiger partial charge in [0.2, 0.25) is 0 Å². The van der Waals surface area contributed by atoms with Gasteiger partial charge in [-0.3, -0.25) is 0 Å². The Balaban J connectivity index is 2.63. The van der Waals surface area contributed by atoms with Crippen molar-refractivity contribution in [3.05, 3.63) is 22.2 Å². The third-order valence-electron chi connectivity index (χ3n) is 2.78. The second kappa shape index (κ2) is 11.2. The van der Waals surface area contributed by atoms with Crippen LogP contribution >= 0.6 is 27.7 Å². The summed E-state index contributed by atoms with van der Waals surface area (Å²) in [6.07, 6.45) is 0. The first-order valence-electron chi connectivity index (χ1n) is 6.99. The van der Waals surface area contributed by atoms with E-state index in [4.69, 9.17) is 14.2 Å². The van der Waals surface area contributed by atoms with Gasteiger partial charge in [-0.25, -0.2) is 0 Å². The fourth-order valence-electron chi connectivity index (χ4n) is 1.77. The third kappa shape index (κ3) is 6.91. The number of ether oxygens (including phenoxy) is 3. The number of nitrogens with one attached hydrogen (secondary N) is 1. The molecule has 0 heterocycles. The predicted molar refractivity (Wildman–Crippen MR) is 92.8 cm³/mol. The first kappa shape index (κ1) is 18.6. The molecular weight excluding hydrogens is 354 g/mol. The zero-order valence-corrected chi connectivity index (χ0v) is 15.3. The lowest BCUT2D eigenvalue weighted by atomic mass is 10.2. The largest absolute Gasteiger partial charge is 0.493 e. The van der Waals surface area contributed by atoms with Crippen LogP contribution in [0.2, 0.25) is 0 Å². The molecule has 21 heavy (non-hydrogen) atoms. The highest BCUT2D eigenvalue weighted by molar-refractivity contribution is 9.10. The molecule has 0 aliphatic heterocycles. The summed E-state index contributed by atoms with van der Waals surface area (Å²) in [6, 6.07) is 4.07. The molecule has 0 amide bonds. The molecule has 0 saturated heterocycles. The van der Waals surface area contributed by atoms with Crippen LogP contribution in [0.5, 0.6) is 11.5 Å². The van der Waals surface area contributed by atoms with Crippen LogP contribution in [-0.2, 0) is 11.3 Å². The molecule has 0 aromatic heterocycles. The monoisotopic (exact) mass is 377 g/mol. The molecule has 0 aliphatic rings. The maximum Gasteiger partial charge on any atom is 0.175 e. The molecule has 1 aromatic rings. The van der Waals surface area contributed by atoms with E-state index in [9.17, 15) is 0 Å². The Morgan fingerprint density at radius 1 is 1.24 bits per heavy atom. The molecule has 0 radical (unpaired) electrons. The fraction of sp³-hybridized carbons (Fsp3) is 0.600. The van der Waals surface area contributed by atoms with E-state index in [1.807, 2.05) is 17.8 Å². The number of hydrogen-bond acceptors (Lipinski definition) is 5. The number of halogens is 1. The van der Waals surface area contributed by atoms with Gasteiger partial charge in [0.15, 0.2) is 11.5 Å². The van der Waals surface area contributed by atoms with Gasteiger partial charge >= 0.3 is 0 Å². The van der Waals surface area contributed by atoms with Gasteiger partial charge in [0.05, 0.1) is 24.8 Å². The minimum absolute atomic E-state index is 0.679. The van der Waals surface area contributed by atoms with Crippen LogP contribution in [-0.4, -0.2) is 45.5 Å². The fourth-order valence-corrected chi connectivity index (χ4v) is 2.86. The Kier molecular flexibility index (Phi) is 9.91. The van der Waals surface area contributed by atoms with E-state index in [-0.39, 0.29) is 0 Å². The minimum Gasteiger partial charge on any atom is -0.493 e. The Labute approximate surface area is 140 Å². The van der Waals surface area contributed by atoms with Crippen molar-refractivity contribution in [2.75, 3.05) is 45.5 Å². The van der Waals surface area contributed by atoms with Crippen LogP contribution in [0, 0.1) is 0 Å². The summed E-state index contributed by atoms with van der Waals surface area (Å²) in [5.74, 6) is 3.62. The number of rotatable bonds is 11. The second-order valence-corrected chi connectivity index (χ2v) is 6.57. The minimum atomic E-state index is 0.679. The van der Waals surface area contributed by atoms with Gasteiger partial charge in [-0.1, -0.05) is 6.92 Å². The lowest BCUT2D eigenvalue weighted by Gasteiger charge is -2.14. The highest BCUT2D eigenvalue weighted by Gasteiger charge is 2.11. The number of methoxy groups -OCH3 is 2. The van der Waals surface area contributed by atoms with E-state index in [1.165, 1.54) is 0 Å². The van der Waals surface area contributed by atoms with Crippen molar-refractivity contribution in [1.82, 2.24) is 5.32 Å². The van der Waals surface area contributed by atoms with Crippen molar-refractivity contribution in [1.29, 1.82) is 0 Å². The van der Waals surface area contributed by atoms with Crippen LogP contribution in [0.25, 0.3) is 0 Å². The highest BCUT2D eigenvalue weighted by Crippen LogP contribution is 2.36. The van der Waals surface area contributed by atoms with Gasteiger partial charge in [-0.05, 0) is 39.4 Å². The molecule has 1 rings (SSSR count). The Morgan fingerprint density at radius 3 is 2.71 bits per heavy atom. The Hall–Kier alpha value is -0.430. The summed E-state index contributed by atoms with van der Waals surface area (Å²) in [5, 5.41) is 3.31. The van der Waals surface area contributed by atoms with Gasteiger partial charge in [0, 0.05) is 26.0 Å². The van der Waals surface area contributed by atoms with E-state index in [0.29, 0.717) is 13.2 Å². The van der Waals surface area contributed by atoms with Crippen LogP contribution < -0.4 is 14.8 Å². The molecule has 1 aromatic carbocycles. The molecule has 4 nitrogen and oxygen atoms in total. The zero-order valence-electron chi connectivity index (χ0n) is 12.9. The number of hydrogen-bond donors (Lipinski definition) is 1. The molecule has 6 heteroatoms. The quantitative estimate of drug-likeness (QED) is 0.598. The van der Waals surface area contributed by atoms with Crippen molar-refractivity contribution in [2.24, 2.45) is 0 Å². The van der Waals surface area contributed by atoms with Crippen LogP contribution in [0.3, 0.4) is 0 Å². The number of thioether (sulfide) groups is 1. The summed E-state index contributed by atoms with van der Waals surface area (Å²) in [4.78, 5) is 0. The van der Waals surface area contributed by atoms with Gasteiger partial charge in [-0.2, -0.15) is 11.8 Å². The predicted octanol–water partition coefficient (Wildman–Crippen LogP) is 3.33. The lowest BCUT2D eigenvalue weighted by molar-refractivity contribution is 0.199. The number of benzene rings is 1.